The third-order valence-corrected chi connectivity index (χ3v) is 5.02. The van der Waals surface area contributed by atoms with E-state index in [2.05, 4.69) is 24.3 Å². The van der Waals surface area contributed by atoms with Gasteiger partial charge in [0.05, 0.1) is 12.0 Å². The van der Waals surface area contributed by atoms with Crippen molar-refractivity contribution in [2.24, 2.45) is 5.92 Å². The number of carbonyl (C=O) groups excluding carboxylic acids is 1. The van der Waals surface area contributed by atoms with Crippen molar-refractivity contribution in [2.45, 2.75) is 50.5 Å². The van der Waals surface area contributed by atoms with Gasteiger partial charge in [-0.25, -0.2) is 0 Å². The Hall–Kier alpha value is -1.35. The van der Waals surface area contributed by atoms with Crippen molar-refractivity contribution in [1.82, 2.24) is 4.90 Å². The standard InChI is InChI=1S/C18H25NO2/c20-17(13-18(21)9-4-5-10-18)19-11-8-16(14-19)12-15-6-2-1-3-7-15/h1-3,6-7,16,21H,4-5,8-14H2. The minimum absolute atomic E-state index is 0.148. The van der Waals surface area contributed by atoms with Crippen molar-refractivity contribution in [3.05, 3.63) is 35.9 Å². The van der Waals surface area contributed by atoms with E-state index in [-0.39, 0.29) is 5.91 Å². The van der Waals surface area contributed by atoms with Crippen LogP contribution in [0.4, 0.5) is 0 Å². The second-order valence-corrected chi connectivity index (χ2v) is 6.79. The number of likely N-dealkylation sites (tertiary alicyclic amines) is 1. The normalized spacial score (nSPS) is 24.4. The van der Waals surface area contributed by atoms with Gasteiger partial charge in [-0.15, -0.1) is 0 Å². The van der Waals surface area contributed by atoms with Gasteiger partial charge in [0.25, 0.3) is 0 Å². The van der Waals surface area contributed by atoms with Crippen LogP contribution in [-0.4, -0.2) is 34.6 Å². The fourth-order valence-corrected chi connectivity index (χ4v) is 3.78. The Balaban J connectivity index is 1.51. The molecule has 0 radical (unpaired) electrons. The molecule has 1 aliphatic heterocycles. The zero-order valence-electron chi connectivity index (χ0n) is 12.6. The maximum atomic E-state index is 12.4. The summed E-state index contributed by atoms with van der Waals surface area (Å²) in [6.07, 6.45) is 6.15. The van der Waals surface area contributed by atoms with Crippen molar-refractivity contribution in [1.29, 1.82) is 0 Å². The molecule has 3 heteroatoms. The third-order valence-electron chi connectivity index (χ3n) is 5.02. The summed E-state index contributed by atoms with van der Waals surface area (Å²) in [4.78, 5) is 14.3. The highest BCUT2D eigenvalue weighted by atomic mass is 16.3. The van der Waals surface area contributed by atoms with E-state index >= 15 is 0 Å². The highest BCUT2D eigenvalue weighted by molar-refractivity contribution is 5.77. The summed E-state index contributed by atoms with van der Waals surface area (Å²) in [5.41, 5.74) is 0.639. The number of amides is 1. The zero-order chi connectivity index (χ0) is 14.7. The highest BCUT2D eigenvalue weighted by Crippen LogP contribution is 2.33. The van der Waals surface area contributed by atoms with E-state index in [0.29, 0.717) is 12.3 Å². The molecule has 1 heterocycles. The fourth-order valence-electron chi connectivity index (χ4n) is 3.78. The SMILES string of the molecule is O=C(CC1(O)CCCC1)N1CCC(Cc2ccccc2)C1. The van der Waals surface area contributed by atoms with Gasteiger partial charge in [-0.3, -0.25) is 4.79 Å². The quantitative estimate of drug-likeness (QED) is 0.925. The van der Waals surface area contributed by atoms with Gasteiger partial charge >= 0.3 is 0 Å². The molecule has 1 saturated carbocycles. The van der Waals surface area contributed by atoms with E-state index in [4.69, 9.17) is 0 Å². The van der Waals surface area contributed by atoms with Gasteiger partial charge in [0.2, 0.25) is 5.91 Å². The number of benzene rings is 1. The first-order valence-electron chi connectivity index (χ1n) is 8.19. The average Bonchev–Trinajstić information content (AvgIpc) is 3.09. The third kappa shape index (κ3) is 3.65. The van der Waals surface area contributed by atoms with Gasteiger partial charge in [-0.05, 0) is 37.2 Å². The molecule has 1 amide bonds. The molecule has 3 nitrogen and oxygen atoms in total. The van der Waals surface area contributed by atoms with Gasteiger partial charge in [-0.1, -0.05) is 43.2 Å². The molecule has 2 fully saturated rings. The minimum atomic E-state index is -0.714. The summed E-state index contributed by atoms with van der Waals surface area (Å²) >= 11 is 0. The van der Waals surface area contributed by atoms with E-state index in [1.165, 1.54) is 5.56 Å². The largest absolute Gasteiger partial charge is 0.389 e. The first-order chi connectivity index (χ1) is 10.1. The molecule has 1 atom stereocenters. The van der Waals surface area contributed by atoms with Crippen molar-refractivity contribution >= 4 is 5.91 Å². The van der Waals surface area contributed by atoms with Crippen LogP contribution in [0.15, 0.2) is 30.3 Å². The molecule has 1 N–H and O–H groups in total. The lowest BCUT2D eigenvalue weighted by Crippen LogP contribution is -2.37. The molecule has 1 aliphatic carbocycles. The van der Waals surface area contributed by atoms with E-state index in [9.17, 15) is 9.90 Å². The number of hydrogen-bond donors (Lipinski definition) is 1. The minimum Gasteiger partial charge on any atom is -0.389 e. The Morgan fingerprint density at radius 1 is 1.24 bits per heavy atom. The van der Waals surface area contributed by atoms with Gasteiger partial charge in [0.1, 0.15) is 0 Å². The molecule has 0 aromatic heterocycles. The summed E-state index contributed by atoms with van der Waals surface area (Å²) in [6.45, 7) is 1.70. The summed E-state index contributed by atoms with van der Waals surface area (Å²) in [7, 11) is 0. The smallest absolute Gasteiger partial charge is 0.225 e. The van der Waals surface area contributed by atoms with Crippen LogP contribution in [-0.2, 0) is 11.2 Å². The molecule has 3 rings (SSSR count). The lowest BCUT2D eigenvalue weighted by Gasteiger charge is -2.25. The Morgan fingerprint density at radius 3 is 2.67 bits per heavy atom. The van der Waals surface area contributed by atoms with Gasteiger partial charge in [0, 0.05) is 13.1 Å². The van der Waals surface area contributed by atoms with Crippen LogP contribution in [0.5, 0.6) is 0 Å². The number of aliphatic hydroxyl groups is 1. The molecule has 2 aliphatic rings. The number of carbonyl (C=O) groups is 1. The monoisotopic (exact) mass is 287 g/mol. The maximum absolute atomic E-state index is 12.4. The molecule has 0 spiro atoms. The molecule has 1 saturated heterocycles. The van der Waals surface area contributed by atoms with Crippen LogP contribution in [0.1, 0.15) is 44.1 Å². The van der Waals surface area contributed by atoms with Gasteiger partial charge in [-0.2, -0.15) is 0 Å². The summed E-state index contributed by atoms with van der Waals surface area (Å²) in [6, 6.07) is 10.5. The predicted octanol–water partition coefficient (Wildman–Crippen LogP) is 2.77. The zero-order valence-corrected chi connectivity index (χ0v) is 12.6. The van der Waals surface area contributed by atoms with E-state index < -0.39 is 5.60 Å². The molecular formula is C18H25NO2. The van der Waals surface area contributed by atoms with Crippen LogP contribution in [0.3, 0.4) is 0 Å². The Morgan fingerprint density at radius 2 is 1.95 bits per heavy atom. The average molecular weight is 287 g/mol. The molecule has 21 heavy (non-hydrogen) atoms. The van der Waals surface area contributed by atoms with Crippen molar-refractivity contribution in [2.75, 3.05) is 13.1 Å². The molecule has 114 valence electrons. The molecule has 1 aromatic carbocycles. The topological polar surface area (TPSA) is 40.5 Å². The summed E-state index contributed by atoms with van der Waals surface area (Å²) < 4.78 is 0. The summed E-state index contributed by atoms with van der Waals surface area (Å²) in [5.74, 6) is 0.713. The Bertz CT molecular complexity index is 479. The molecular weight excluding hydrogens is 262 g/mol. The second kappa shape index (κ2) is 6.18. The maximum Gasteiger partial charge on any atom is 0.225 e. The van der Waals surface area contributed by atoms with Crippen molar-refractivity contribution < 1.29 is 9.90 Å². The van der Waals surface area contributed by atoms with Crippen molar-refractivity contribution in [3.8, 4) is 0 Å². The number of rotatable bonds is 4. The van der Waals surface area contributed by atoms with Crippen LogP contribution < -0.4 is 0 Å². The second-order valence-electron chi connectivity index (χ2n) is 6.79. The van der Waals surface area contributed by atoms with Crippen LogP contribution >= 0.6 is 0 Å². The van der Waals surface area contributed by atoms with Crippen LogP contribution in [0, 0.1) is 5.92 Å². The molecule has 0 bridgehead atoms. The van der Waals surface area contributed by atoms with Gasteiger partial charge < -0.3 is 10.0 Å². The summed E-state index contributed by atoms with van der Waals surface area (Å²) in [5, 5.41) is 10.4. The lowest BCUT2D eigenvalue weighted by atomic mass is 9.97. The highest BCUT2D eigenvalue weighted by Gasteiger charge is 2.36. The molecule has 1 aromatic rings. The Labute approximate surface area is 127 Å². The van der Waals surface area contributed by atoms with Crippen LogP contribution in [0.2, 0.25) is 0 Å². The van der Waals surface area contributed by atoms with E-state index in [0.717, 1.165) is 51.6 Å². The number of nitrogens with zero attached hydrogens (tertiary/aromatic N) is 1. The van der Waals surface area contributed by atoms with Crippen LogP contribution in [0.25, 0.3) is 0 Å². The fraction of sp³-hybridized carbons (Fsp3) is 0.611. The van der Waals surface area contributed by atoms with E-state index in [1.54, 1.807) is 0 Å². The van der Waals surface area contributed by atoms with E-state index in [1.807, 2.05) is 11.0 Å². The van der Waals surface area contributed by atoms with Gasteiger partial charge in [0.15, 0.2) is 0 Å². The van der Waals surface area contributed by atoms with Crippen molar-refractivity contribution in [3.63, 3.8) is 0 Å². The molecule has 1 unspecified atom stereocenters. The lowest BCUT2D eigenvalue weighted by molar-refractivity contribution is -0.135. The first kappa shape index (κ1) is 14.6. The number of hydrogen-bond acceptors (Lipinski definition) is 2. The predicted molar refractivity (Wildman–Crippen MR) is 82.9 cm³/mol. The Kier molecular flexibility index (Phi) is 4.29. The first-order valence-corrected chi connectivity index (χ1v) is 8.19.